The lowest BCUT2D eigenvalue weighted by Gasteiger charge is -2.34. The maximum absolute atomic E-state index is 11.8. The van der Waals surface area contributed by atoms with Crippen LogP contribution in [0.4, 0.5) is 0 Å². The van der Waals surface area contributed by atoms with Crippen molar-refractivity contribution < 1.29 is 4.79 Å². The van der Waals surface area contributed by atoms with Crippen LogP contribution in [0.2, 0.25) is 0 Å². The summed E-state index contributed by atoms with van der Waals surface area (Å²) >= 11 is 1.89. The number of nitrogens with zero attached hydrogens (tertiary/aromatic N) is 1. The molecule has 0 aliphatic carbocycles. The Kier molecular flexibility index (Phi) is 5.12. The molecular formula is C12H24N2OS. The molecule has 0 aromatic heterocycles. The van der Waals surface area contributed by atoms with Gasteiger partial charge < -0.3 is 10.6 Å². The third-order valence-electron chi connectivity index (χ3n) is 3.83. The van der Waals surface area contributed by atoms with E-state index >= 15 is 0 Å². The Bertz CT molecular complexity index is 233. The Hall–Kier alpha value is -0.220. The van der Waals surface area contributed by atoms with Gasteiger partial charge >= 0.3 is 0 Å². The number of amides is 1. The molecule has 2 N–H and O–H groups in total. The van der Waals surface area contributed by atoms with Crippen molar-refractivity contribution in [3.63, 3.8) is 0 Å². The van der Waals surface area contributed by atoms with Crippen LogP contribution in [0.25, 0.3) is 0 Å². The van der Waals surface area contributed by atoms with Gasteiger partial charge in [-0.05, 0) is 31.6 Å². The van der Waals surface area contributed by atoms with Gasteiger partial charge in [-0.2, -0.15) is 11.8 Å². The monoisotopic (exact) mass is 244 g/mol. The minimum Gasteiger partial charge on any atom is -0.341 e. The van der Waals surface area contributed by atoms with Gasteiger partial charge in [0, 0.05) is 24.3 Å². The molecule has 1 atom stereocenters. The van der Waals surface area contributed by atoms with Crippen molar-refractivity contribution in [3.8, 4) is 0 Å². The fourth-order valence-electron chi connectivity index (χ4n) is 2.34. The zero-order valence-corrected chi connectivity index (χ0v) is 11.5. The largest absolute Gasteiger partial charge is 0.341 e. The maximum Gasteiger partial charge on any atom is 0.223 e. The van der Waals surface area contributed by atoms with E-state index < -0.39 is 0 Å². The quantitative estimate of drug-likeness (QED) is 0.774. The number of nitrogens with two attached hydrogens (primary N) is 1. The predicted octanol–water partition coefficient (Wildman–Crippen LogP) is 1.72. The first kappa shape index (κ1) is 13.8. The Labute approximate surface area is 103 Å². The Morgan fingerprint density at radius 2 is 2.12 bits per heavy atom. The molecule has 1 aliphatic heterocycles. The highest BCUT2D eigenvalue weighted by molar-refractivity contribution is 8.00. The number of hydrogen-bond acceptors (Lipinski definition) is 3. The smallest absolute Gasteiger partial charge is 0.223 e. The molecule has 1 amide bonds. The van der Waals surface area contributed by atoms with Crippen LogP contribution in [0.5, 0.6) is 0 Å². The molecule has 0 aromatic rings. The lowest BCUT2D eigenvalue weighted by atomic mass is 10.0. The van der Waals surface area contributed by atoms with E-state index in [1.54, 1.807) is 0 Å². The zero-order valence-electron chi connectivity index (χ0n) is 10.7. The Balaban J connectivity index is 2.62. The Morgan fingerprint density at radius 3 is 2.50 bits per heavy atom. The van der Waals surface area contributed by atoms with Gasteiger partial charge in [-0.25, -0.2) is 0 Å². The molecule has 0 saturated carbocycles. The van der Waals surface area contributed by atoms with Crippen molar-refractivity contribution in [3.05, 3.63) is 0 Å². The van der Waals surface area contributed by atoms with Crippen molar-refractivity contribution in [2.24, 2.45) is 11.7 Å². The lowest BCUT2D eigenvalue weighted by molar-refractivity contribution is -0.128. The minimum atomic E-state index is 0.235. The van der Waals surface area contributed by atoms with Gasteiger partial charge in [0.1, 0.15) is 0 Å². The maximum atomic E-state index is 11.8. The molecule has 0 bridgehead atoms. The third-order valence-corrected chi connectivity index (χ3v) is 5.40. The normalized spacial score (nSPS) is 21.9. The van der Waals surface area contributed by atoms with Gasteiger partial charge in [0.2, 0.25) is 5.91 Å². The van der Waals surface area contributed by atoms with Crippen molar-refractivity contribution in [1.82, 2.24) is 4.90 Å². The summed E-state index contributed by atoms with van der Waals surface area (Å²) in [6.07, 6.45) is 5.02. The third kappa shape index (κ3) is 2.92. The summed E-state index contributed by atoms with van der Waals surface area (Å²) in [6.45, 7) is 6.79. The molecule has 0 radical (unpaired) electrons. The van der Waals surface area contributed by atoms with Crippen LogP contribution < -0.4 is 5.73 Å². The fourth-order valence-corrected chi connectivity index (χ4v) is 3.20. The summed E-state index contributed by atoms with van der Waals surface area (Å²) in [7, 11) is 0. The predicted molar refractivity (Wildman–Crippen MR) is 70.6 cm³/mol. The molecule has 3 nitrogen and oxygen atoms in total. The summed E-state index contributed by atoms with van der Waals surface area (Å²) in [5, 5.41) is 0. The van der Waals surface area contributed by atoms with Crippen LogP contribution in [-0.4, -0.2) is 41.4 Å². The van der Waals surface area contributed by atoms with E-state index in [1.165, 1.54) is 0 Å². The van der Waals surface area contributed by atoms with Gasteiger partial charge in [0.15, 0.2) is 0 Å². The molecule has 94 valence electrons. The van der Waals surface area contributed by atoms with Crippen LogP contribution in [-0.2, 0) is 4.79 Å². The van der Waals surface area contributed by atoms with E-state index in [9.17, 15) is 4.79 Å². The molecule has 0 aromatic carbocycles. The van der Waals surface area contributed by atoms with Crippen LogP contribution in [0.15, 0.2) is 0 Å². The summed E-state index contributed by atoms with van der Waals surface area (Å²) in [5.74, 6) is 0.663. The first-order valence-corrected chi connectivity index (χ1v) is 7.36. The molecule has 1 saturated heterocycles. The van der Waals surface area contributed by atoms with Gasteiger partial charge in [-0.15, -0.1) is 0 Å². The number of carbonyl (C=O) groups is 1. The molecule has 1 rings (SSSR count). The van der Waals surface area contributed by atoms with Crippen molar-refractivity contribution >= 4 is 17.7 Å². The molecular weight excluding hydrogens is 220 g/mol. The molecule has 1 aliphatic rings. The number of likely N-dealkylation sites (tertiary alicyclic amines) is 1. The summed E-state index contributed by atoms with van der Waals surface area (Å²) in [4.78, 5) is 13.8. The number of rotatable bonds is 6. The van der Waals surface area contributed by atoms with Gasteiger partial charge in [-0.1, -0.05) is 13.8 Å². The number of thioether (sulfide) groups is 1. The summed E-state index contributed by atoms with van der Waals surface area (Å²) in [5.41, 5.74) is 5.64. The van der Waals surface area contributed by atoms with Crippen LogP contribution in [0.1, 0.15) is 33.1 Å². The van der Waals surface area contributed by atoms with Crippen LogP contribution in [0.3, 0.4) is 0 Å². The SMILES string of the molecule is CCC(CC)(CN1CC(CN)CC1=O)SC. The zero-order chi connectivity index (χ0) is 12.2. The first-order valence-electron chi connectivity index (χ1n) is 6.13. The number of hydrogen-bond donors (Lipinski definition) is 1. The van der Waals surface area contributed by atoms with Gasteiger partial charge in [-0.3, -0.25) is 4.79 Å². The van der Waals surface area contributed by atoms with Gasteiger partial charge in [0.05, 0.1) is 0 Å². The fraction of sp³-hybridized carbons (Fsp3) is 0.917. The second-order valence-corrected chi connectivity index (χ2v) is 5.95. The summed E-state index contributed by atoms with van der Waals surface area (Å²) < 4.78 is 0.235. The van der Waals surface area contributed by atoms with Crippen LogP contribution >= 0.6 is 11.8 Å². The van der Waals surface area contributed by atoms with Gasteiger partial charge in [0.25, 0.3) is 0 Å². The van der Waals surface area contributed by atoms with Crippen LogP contribution in [0, 0.1) is 5.92 Å². The average Bonchev–Trinajstić information content (AvgIpc) is 2.67. The van der Waals surface area contributed by atoms with E-state index in [4.69, 9.17) is 5.73 Å². The van der Waals surface area contributed by atoms with E-state index in [-0.39, 0.29) is 10.7 Å². The number of carbonyl (C=O) groups excluding carboxylic acids is 1. The summed E-state index contributed by atoms with van der Waals surface area (Å²) in [6, 6.07) is 0. The minimum absolute atomic E-state index is 0.235. The lowest BCUT2D eigenvalue weighted by Crippen LogP contribution is -2.41. The van der Waals surface area contributed by atoms with E-state index in [1.807, 2.05) is 16.7 Å². The molecule has 1 heterocycles. The highest BCUT2D eigenvalue weighted by Gasteiger charge is 2.35. The van der Waals surface area contributed by atoms with Crippen molar-refractivity contribution in [1.29, 1.82) is 0 Å². The second-order valence-electron chi connectivity index (χ2n) is 4.67. The van der Waals surface area contributed by atoms with Crippen molar-refractivity contribution in [2.45, 2.75) is 37.9 Å². The van der Waals surface area contributed by atoms with E-state index in [0.29, 0.717) is 18.9 Å². The average molecular weight is 244 g/mol. The van der Waals surface area contributed by atoms with E-state index in [2.05, 4.69) is 20.1 Å². The first-order chi connectivity index (χ1) is 7.60. The standard InChI is InChI=1S/C12H24N2OS/c1-4-12(5-2,16-3)9-14-8-10(7-13)6-11(14)15/h10H,4-9,13H2,1-3H3. The van der Waals surface area contributed by atoms with Crippen molar-refractivity contribution in [2.75, 3.05) is 25.9 Å². The second kappa shape index (κ2) is 5.92. The molecule has 4 heteroatoms. The molecule has 0 spiro atoms. The highest BCUT2D eigenvalue weighted by Crippen LogP contribution is 2.33. The Morgan fingerprint density at radius 1 is 1.50 bits per heavy atom. The van der Waals surface area contributed by atoms with E-state index in [0.717, 1.165) is 25.9 Å². The highest BCUT2D eigenvalue weighted by atomic mass is 32.2. The molecule has 1 fully saturated rings. The molecule has 16 heavy (non-hydrogen) atoms. The topological polar surface area (TPSA) is 46.3 Å². The molecule has 1 unspecified atom stereocenters.